The largest absolute Gasteiger partial charge is 0.497 e. The maximum absolute atomic E-state index is 5.84. The van der Waals surface area contributed by atoms with Crippen molar-refractivity contribution in [1.29, 1.82) is 0 Å². The van der Waals surface area contributed by atoms with Crippen molar-refractivity contribution < 1.29 is 9.47 Å². The number of benzene rings is 2. The molecule has 4 aromatic rings. The Hall–Kier alpha value is -3.38. The van der Waals surface area contributed by atoms with Gasteiger partial charge in [0, 0.05) is 24.2 Å². The van der Waals surface area contributed by atoms with Gasteiger partial charge < -0.3 is 14.4 Å². The second-order valence-electron chi connectivity index (χ2n) is 8.74. The highest BCUT2D eigenvalue weighted by atomic mass is 16.5. The molecule has 0 atom stereocenters. The first-order valence-electron chi connectivity index (χ1n) is 11.5. The van der Waals surface area contributed by atoms with Gasteiger partial charge in [0.1, 0.15) is 11.6 Å². The fraction of sp³-hybridized carbons (Fsp3) is 0.333. The Morgan fingerprint density at radius 1 is 1.06 bits per heavy atom. The molecule has 170 valence electrons. The smallest absolute Gasteiger partial charge is 0.165 e. The summed E-state index contributed by atoms with van der Waals surface area (Å²) in [5.74, 6) is 1.94. The number of anilines is 1. The highest BCUT2D eigenvalue weighted by Gasteiger charge is 2.26. The number of hydrogen-bond donors (Lipinski definition) is 0. The average Bonchev–Trinajstić information content (AvgIpc) is 3.45. The highest BCUT2D eigenvalue weighted by molar-refractivity contribution is 5.81. The Bertz CT molecular complexity index is 1290. The van der Waals surface area contributed by atoms with Gasteiger partial charge in [-0.2, -0.15) is 9.61 Å². The number of rotatable bonds is 7. The van der Waals surface area contributed by atoms with Crippen LogP contribution in [0.2, 0.25) is 0 Å². The minimum atomic E-state index is 0.537. The molecule has 0 amide bonds. The topological polar surface area (TPSA) is 51.9 Å². The van der Waals surface area contributed by atoms with Crippen molar-refractivity contribution in [3.8, 4) is 16.9 Å². The lowest BCUT2D eigenvalue weighted by Gasteiger charge is -2.27. The van der Waals surface area contributed by atoms with Crippen molar-refractivity contribution >= 4 is 11.5 Å². The van der Waals surface area contributed by atoms with E-state index in [2.05, 4.69) is 62.1 Å². The molecule has 0 saturated carbocycles. The predicted octanol–water partition coefficient (Wildman–Crippen LogP) is 5.47. The van der Waals surface area contributed by atoms with Gasteiger partial charge in [-0.15, -0.1) is 0 Å². The van der Waals surface area contributed by atoms with Crippen molar-refractivity contribution in [3.05, 3.63) is 76.6 Å². The van der Waals surface area contributed by atoms with Crippen LogP contribution >= 0.6 is 0 Å². The molecular formula is C27H30N4O2. The van der Waals surface area contributed by atoms with Crippen molar-refractivity contribution in [2.75, 3.05) is 18.6 Å². The summed E-state index contributed by atoms with van der Waals surface area (Å²) in [6.45, 7) is 9.28. The maximum Gasteiger partial charge on any atom is 0.165 e. The third-order valence-corrected chi connectivity index (χ3v) is 6.30. The molecular weight excluding hydrogens is 412 g/mol. The first kappa shape index (κ1) is 21.5. The lowest BCUT2D eigenvalue weighted by atomic mass is 10.0. The first-order chi connectivity index (χ1) is 16.1. The number of hydrogen-bond acceptors (Lipinski definition) is 5. The zero-order valence-corrected chi connectivity index (χ0v) is 19.8. The summed E-state index contributed by atoms with van der Waals surface area (Å²) in [4.78, 5) is 7.44. The van der Waals surface area contributed by atoms with E-state index < -0.39 is 0 Å². The molecule has 2 aromatic heterocycles. The highest BCUT2D eigenvalue weighted by Crippen LogP contribution is 2.36. The fourth-order valence-corrected chi connectivity index (χ4v) is 4.60. The third-order valence-electron chi connectivity index (χ3n) is 6.30. The molecule has 1 aliphatic heterocycles. The quantitative estimate of drug-likeness (QED) is 0.380. The number of aromatic nitrogens is 3. The summed E-state index contributed by atoms with van der Waals surface area (Å²) in [6, 6.07) is 14.9. The van der Waals surface area contributed by atoms with Gasteiger partial charge in [0.15, 0.2) is 5.65 Å². The van der Waals surface area contributed by atoms with Crippen LogP contribution in [-0.2, 0) is 24.5 Å². The Kier molecular flexibility index (Phi) is 5.77. The maximum atomic E-state index is 5.84. The Morgan fingerprint density at radius 3 is 2.61 bits per heavy atom. The number of aryl methyl sites for hydroxylation is 2. The van der Waals surface area contributed by atoms with Gasteiger partial charge in [0.2, 0.25) is 0 Å². The summed E-state index contributed by atoms with van der Waals surface area (Å²) in [5.41, 5.74) is 8.85. The molecule has 0 fully saturated rings. The predicted molar refractivity (Wildman–Crippen MR) is 131 cm³/mol. The number of nitrogens with zero attached hydrogens (tertiary/aromatic N) is 4. The zero-order valence-electron chi connectivity index (χ0n) is 19.8. The summed E-state index contributed by atoms with van der Waals surface area (Å²) >= 11 is 0. The van der Waals surface area contributed by atoms with Crippen LogP contribution in [0, 0.1) is 13.8 Å². The van der Waals surface area contributed by atoms with E-state index in [1.54, 1.807) is 7.11 Å². The lowest BCUT2D eigenvalue weighted by Crippen LogP contribution is -2.27. The standard InChI is InChI=1S/C27H30N4O2/c1-5-12-30(15-20-8-6-18(2)7-9-20)27-24-16-33-17-25(24)29-26-23(14-28-31(26)27)22-11-10-21(32-4)13-19(22)3/h6-11,13-14H,5,12,15-17H2,1-4H3. The minimum absolute atomic E-state index is 0.537. The van der Waals surface area contributed by atoms with Crippen LogP contribution in [0.15, 0.2) is 48.7 Å². The fourth-order valence-electron chi connectivity index (χ4n) is 4.60. The molecule has 3 heterocycles. The molecule has 0 unspecified atom stereocenters. The van der Waals surface area contributed by atoms with Crippen molar-refractivity contribution in [1.82, 2.24) is 14.6 Å². The second kappa shape index (κ2) is 8.87. The summed E-state index contributed by atoms with van der Waals surface area (Å²) < 4.78 is 13.3. The van der Waals surface area contributed by atoms with Gasteiger partial charge >= 0.3 is 0 Å². The molecule has 0 bridgehead atoms. The van der Waals surface area contributed by atoms with Crippen molar-refractivity contribution in [2.24, 2.45) is 0 Å². The third kappa shape index (κ3) is 3.95. The second-order valence-corrected chi connectivity index (χ2v) is 8.74. The first-order valence-corrected chi connectivity index (χ1v) is 11.5. The van der Waals surface area contributed by atoms with Gasteiger partial charge in [0.25, 0.3) is 0 Å². The molecule has 33 heavy (non-hydrogen) atoms. The molecule has 5 rings (SSSR count). The van der Waals surface area contributed by atoms with E-state index in [1.165, 1.54) is 11.1 Å². The van der Waals surface area contributed by atoms with Gasteiger partial charge in [-0.1, -0.05) is 42.8 Å². The van der Waals surface area contributed by atoms with Crippen LogP contribution < -0.4 is 9.64 Å². The van der Waals surface area contributed by atoms with Crippen molar-refractivity contribution in [2.45, 2.75) is 47.0 Å². The van der Waals surface area contributed by atoms with Crippen LogP contribution in [0.5, 0.6) is 5.75 Å². The van der Waals surface area contributed by atoms with Crippen molar-refractivity contribution in [3.63, 3.8) is 0 Å². The van der Waals surface area contributed by atoms with E-state index in [9.17, 15) is 0 Å². The Labute approximate surface area is 194 Å². The lowest BCUT2D eigenvalue weighted by molar-refractivity contribution is 0.133. The minimum Gasteiger partial charge on any atom is -0.497 e. The molecule has 0 N–H and O–H groups in total. The molecule has 6 heteroatoms. The molecule has 1 aliphatic rings. The summed E-state index contributed by atoms with van der Waals surface area (Å²) in [7, 11) is 1.69. The summed E-state index contributed by atoms with van der Waals surface area (Å²) in [6.07, 6.45) is 2.98. The zero-order chi connectivity index (χ0) is 22.9. The molecule has 6 nitrogen and oxygen atoms in total. The SMILES string of the molecule is CCCN(Cc1ccc(C)cc1)c1c2c(nc3c(-c4ccc(OC)cc4C)cnn13)COC2. The summed E-state index contributed by atoms with van der Waals surface area (Å²) in [5, 5.41) is 4.84. The monoisotopic (exact) mass is 442 g/mol. The van der Waals surface area contributed by atoms with Crippen LogP contribution in [0.3, 0.4) is 0 Å². The van der Waals surface area contributed by atoms with Crippen LogP contribution in [0.1, 0.15) is 41.3 Å². The van der Waals surface area contributed by atoms with E-state index in [0.717, 1.165) is 64.7 Å². The van der Waals surface area contributed by atoms with E-state index >= 15 is 0 Å². The van der Waals surface area contributed by atoms with Gasteiger partial charge in [0.05, 0.1) is 32.2 Å². The Balaban J connectivity index is 1.66. The normalized spacial score (nSPS) is 12.8. The number of methoxy groups -OCH3 is 1. The van der Waals surface area contributed by atoms with Crippen LogP contribution in [0.25, 0.3) is 16.8 Å². The molecule has 0 aliphatic carbocycles. The Morgan fingerprint density at radius 2 is 1.88 bits per heavy atom. The van der Waals surface area contributed by atoms with Gasteiger partial charge in [-0.3, -0.25) is 0 Å². The van der Waals surface area contributed by atoms with Gasteiger partial charge in [-0.25, -0.2) is 4.98 Å². The van der Waals surface area contributed by atoms with E-state index in [-0.39, 0.29) is 0 Å². The van der Waals surface area contributed by atoms with E-state index in [4.69, 9.17) is 19.6 Å². The molecule has 0 radical (unpaired) electrons. The molecule has 0 saturated heterocycles. The average molecular weight is 443 g/mol. The number of fused-ring (bicyclic) bond motifs is 2. The number of ether oxygens (including phenoxy) is 2. The van der Waals surface area contributed by atoms with Crippen LogP contribution in [0.4, 0.5) is 5.82 Å². The van der Waals surface area contributed by atoms with E-state index in [1.807, 2.05) is 16.8 Å². The molecule has 2 aromatic carbocycles. The van der Waals surface area contributed by atoms with Gasteiger partial charge in [-0.05, 0) is 49.1 Å². The van der Waals surface area contributed by atoms with E-state index in [0.29, 0.717) is 13.2 Å². The molecule has 0 spiro atoms. The van der Waals surface area contributed by atoms with Crippen LogP contribution in [-0.4, -0.2) is 28.3 Å².